The Hall–Kier alpha value is -2.54. The van der Waals surface area contributed by atoms with Crippen molar-refractivity contribution >= 4 is 0 Å². The monoisotopic (exact) mass is 271 g/mol. The van der Waals surface area contributed by atoms with E-state index in [-0.39, 0.29) is 5.82 Å². The molecule has 102 valence electrons. The van der Waals surface area contributed by atoms with Gasteiger partial charge < -0.3 is 9.47 Å². The first-order valence-electron chi connectivity index (χ1n) is 6.25. The van der Waals surface area contributed by atoms with Gasteiger partial charge in [0.25, 0.3) is 0 Å². The van der Waals surface area contributed by atoms with Crippen LogP contribution in [0.3, 0.4) is 0 Å². The largest absolute Gasteiger partial charge is 0.490 e. The van der Waals surface area contributed by atoms with E-state index >= 15 is 0 Å². The second kappa shape index (κ2) is 7.15. The second-order valence-corrected chi connectivity index (χ2v) is 4.13. The predicted octanol–water partition coefficient (Wildman–Crippen LogP) is 3.35. The van der Waals surface area contributed by atoms with E-state index in [1.807, 2.05) is 24.3 Å². The number of halogens is 1. The van der Waals surface area contributed by atoms with Crippen molar-refractivity contribution in [2.45, 2.75) is 6.42 Å². The molecule has 0 radical (unpaired) electrons. The number of hydrogen-bond donors (Lipinski definition) is 0. The first kappa shape index (κ1) is 13.9. The molecule has 2 rings (SSSR count). The zero-order valence-electron chi connectivity index (χ0n) is 10.9. The fourth-order valence-corrected chi connectivity index (χ4v) is 1.67. The first-order valence-corrected chi connectivity index (χ1v) is 6.25. The maximum Gasteiger partial charge on any atom is 0.126 e. The SMILES string of the molecule is N#CCc1ccc(OCCOc2cccc(F)c2)cc1. The zero-order valence-corrected chi connectivity index (χ0v) is 10.9. The summed E-state index contributed by atoms with van der Waals surface area (Å²) in [6.07, 6.45) is 0.392. The summed E-state index contributed by atoms with van der Waals surface area (Å²) in [4.78, 5) is 0. The van der Waals surface area contributed by atoms with Crippen molar-refractivity contribution in [3.63, 3.8) is 0 Å². The van der Waals surface area contributed by atoms with Crippen LogP contribution in [0.25, 0.3) is 0 Å². The van der Waals surface area contributed by atoms with Crippen LogP contribution < -0.4 is 9.47 Å². The van der Waals surface area contributed by atoms with Crippen molar-refractivity contribution in [3.05, 3.63) is 59.9 Å². The molecule has 0 bridgehead atoms. The van der Waals surface area contributed by atoms with Gasteiger partial charge in [0, 0.05) is 6.07 Å². The lowest BCUT2D eigenvalue weighted by molar-refractivity contribution is 0.216. The quantitative estimate of drug-likeness (QED) is 0.757. The lowest BCUT2D eigenvalue weighted by Crippen LogP contribution is -2.09. The fourth-order valence-electron chi connectivity index (χ4n) is 1.67. The highest BCUT2D eigenvalue weighted by atomic mass is 19.1. The predicted molar refractivity (Wildman–Crippen MR) is 73.1 cm³/mol. The highest BCUT2D eigenvalue weighted by Gasteiger charge is 1.98. The third kappa shape index (κ3) is 4.29. The van der Waals surface area contributed by atoms with Crippen molar-refractivity contribution in [3.8, 4) is 17.6 Å². The molecular weight excluding hydrogens is 257 g/mol. The maximum absolute atomic E-state index is 12.9. The summed E-state index contributed by atoms with van der Waals surface area (Å²) in [7, 11) is 0. The van der Waals surface area contributed by atoms with E-state index in [0.717, 1.165) is 11.3 Å². The Labute approximate surface area is 117 Å². The van der Waals surface area contributed by atoms with Gasteiger partial charge in [0.2, 0.25) is 0 Å². The van der Waals surface area contributed by atoms with Gasteiger partial charge in [-0.15, -0.1) is 0 Å². The van der Waals surface area contributed by atoms with Gasteiger partial charge in [0.15, 0.2) is 0 Å². The second-order valence-electron chi connectivity index (χ2n) is 4.13. The van der Waals surface area contributed by atoms with E-state index in [9.17, 15) is 4.39 Å². The van der Waals surface area contributed by atoms with Gasteiger partial charge in [0.1, 0.15) is 30.5 Å². The van der Waals surface area contributed by atoms with Crippen LogP contribution in [0.15, 0.2) is 48.5 Å². The number of ether oxygens (including phenoxy) is 2. The Balaban J connectivity index is 1.74. The van der Waals surface area contributed by atoms with Crippen LogP contribution in [0.5, 0.6) is 11.5 Å². The molecule has 0 aliphatic carbocycles. The molecule has 0 fully saturated rings. The average Bonchev–Trinajstić information content (AvgIpc) is 2.46. The highest BCUT2D eigenvalue weighted by molar-refractivity contribution is 5.28. The minimum absolute atomic E-state index is 0.323. The number of nitriles is 1. The van der Waals surface area contributed by atoms with Crippen LogP contribution in [-0.2, 0) is 6.42 Å². The highest BCUT2D eigenvalue weighted by Crippen LogP contribution is 2.14. The average molecular weight is 271 g/mol. The van der Waals surface area contributed by atoms with E-state index in [2.05, 4.69) is 6.07 Å². The van der Waals surface area contributed by atoms with Gasteiger partial charge in [-0.3, -0.25) is 0 Å². The molecule has 0 aliphatic heterocycles. The topological polar surface area (TPSA) is 42.2 Å². The minimum Gasteiger partial charge on any atom is -0.490 e. The molecule has 2 aromatic rings. The van der Waals surface area contributed by atoms with Crippen molar-refractivity contribution in [1.82, 2.24) is 0 Å². The standard InChI is InChI=1S/C16H14FNO2/c17-14-2-1-3-16(12-14)20-11-10-19-15-6-4-13(5-7-15)8-9-18/h1-7,12H,8,10-11H2. The molecule has 0 atom stereocenters. The van der Waals surface area contributed by atoms with Gasteiger partial charge in [0.05, 0.1) is 12.5 Å². The molecule has 2 aromatic carbocycles. The van der Waals surface area contributed by atoms with Gasteiger partial charge in [-0.2, -0.15) is 5.26 Å². The molecule has 3 nitrogen and oxygen atoms in total. The van der Waals surface area contributed by atoms with Gasteiger partial charge in [-0.25, -0.2) is 4.39 Å². The Kier molecular flexibility index (Phi) is 4.96. The van der Waals surface area contributed by atoms with Gasteiger partial charge in [-0.05, 0) is 29.8 Å². The fraction of sp³-hybridized carbons (Fsp3) is 0.188. The molecule has 0 spiro atoms. The van der Waals surface area contributed by atoms with Crippen molar-refractivity contribution in [2.24, 2.45) is 0 Å². The van der Waals surface area contributed by atoms with Crippen molar-refractivity contribution in [2.75, 3.05) is 13.2 Å². The molecular formula is C16H14FNO2. The lowest BCUT2D eigenvalue weighted by Gasteiger charge is -2.08. The van der Waals surface area contributed by atoms with Crippen LogP contribution in [0.2, 0.25) is 0 Å². The number of nitrogens with zero attached hydrogens (tertiary/aromatic N) is 1. The van der Waals surface area contributed by atoms with Crippen LogP contribution in [0.4, 0.5) is 4.39 Å². The van der Waals surface area contributed by atoms with Gasteiger partial charge >= 0.3 is 0 Å². The van der Waals surface area contributed by atoms with E-state index in [1.165, 1.54) is 12.1 Å². The van der Waals surface area contributed by atoms with Crippen LogP contribution in [0, 0.1) is 17.1 Å². The van der Waals surface area contributed by atoms with E-state index in [0.29, 0.717) is 25.4 Å². The summed E-state index contributed by atoms with van der Waals surface area (Å²) in [6, 6.07) is 15.4. The normalized spacial score (nSPS) is 9.80. The van der Waals surface area contributed by atoms with E-state index in [1.54, 1.807) is 12.1 Å². The first-order chi connectivity index (χ1) is 9.78. The summed E-state index contributed by atoms with van der Waals surface area (Å²) in [6.45, 7) is 0.706. The summed E-state index contributed by atoms with van der Waals surface area (Å²) >= 11 is 0. The molecule has 4 heteroatoms. The van der Waals surface area contributed by atoms with Crippen molar-refractivity contribution < 1.29 is 13.9 Å². The van der Waals surface area contributed by atoms with Crippen LogP contribution in [-0.4, -0.2) is 13.2 Å². The molecule has 0 unspecified atom stereocenters. The molecule has 0 N–H and O–H groups in total. The van der Waals surface area contributed by atoms with E-state index in [4.69, 9.17) is 14.7 Å². The molecule has 0 saturated heterocycles. The zero-order chi connectivity index (χ0) is 14.2. The Morgan fingerprint density at radius 2 is 1.65 bits per heavy atom. The molecule has 0 aromatic heterocycles. The molecule has 0 saturated carbocycles. The maximum atomic E-state index is 12.9. The molecule has 0 amide bonds. The summed E-state index contributed by atoms with van der Waals surface area (Å²) in [5, 5.41) is 8.57. The van der Waals surface area contributed by atoms with Crippen molar-refractivity contribution in [1.29, 1.82) is 5.26 Å². The summed E-state index contributed by atoms with van der Waals surface area (Å²) < 4.78 is 23.8. The number of hydrogen-bond acceptors (Lipinski definition) is 3. The lowest BCUT2D eigenvalue weighted by atomic mass is 10.2. The van der Waals surface area contributed by atoms with Gasteiger partial charge in [-0.1, -0.05) is 18.2 Å². The Morgan fingerprint density at radius 3 is 2.30 bits per heavy atom. The number of benzene rings is 2. The summed E-state index contributed by atoms with van der Waals surface area (Å²) in [5.74, 6) is 0.879. The molecule has 0 heterocycles. The third-order valence-electron chi connectivity index (χ3n) is 2.62. The third-order valence-corrected chi connectivity index (χ3v) is 2.62. The number of rotatable bonds is 6. The molecule has 0 aliphatic rings. The smallest absolute Gasteiger partial charge is 0.126 e. The van der Waals surface area contributed by atoms with Crippen LogP contribution in [0.1, 0.15) is 5.56 Å². The Morgan fingerprint density at radius 1 is 0.950 bits per heavy atom. The Bertz CT molecular complexity index is 590. The summed E-state index contributed by atoms with van der Waals surface area (Å²) in [5.41, 5.74) is 0.955. The molecule has 20 heavy (non-hydrogen) atoms. The van der Waals surface area contributed by atoms with E-state index < -0.39 is 0 Å². The van der Waals surface area contributed by atoms with Crippen LogP contribution >= 0.6 is 0 Å². The minimum atomic E-state index is -0.323.